The fourth-order valence-corrected chi connectivity index (χ4v) is 4.42. The molecule has 3 aromatic heterocycles. The first-order valence-corrected chi connectivity index (χ1v) is 10.8. The first-order valence-electron chi connectivity index (χ1n) is 9.94. The maximum atomic E-state index is 12.8. The summed E-state index contributed by atoms with van der Waals surface area (Å²) < 4.78 is 2.97. The van der Waals surface area contributed by atoms with Crippen LogP contribution < -0.4 is 5.56 Å². The van der Waals surface area contributed by atoms with E-state index in [-0.39, 0.29) is 5.03 Å². The summed E-state index contributed by atoms with van der Waals surface area (Å²) in [5.41, 5.74) is 1.60. The second-order valence-electron chi connectivity index (χ2n) is 7.21. The number of nitro groups is 1. The minimum atomic E-state index is -0.752. The number of aromatic nitrogens is 5. The van der Waals surface area contributed by atoms with E-state index < -0.39 is 16.2 Å². The molecular weight excluding hydrogens is 440 g/mol. The monoisotopic (exact) mass is 456 g/mol. The molecular formula is C23H16N6O3S. The average molecular weight is 456 g/mol. The molecule has 0 radical (unpaired) electrons. The number of hydrogen-bond acceptors (Lipinski definition) is 7. The second-order valence-corrected chi connectivity index (χ2v) is 8.16. The Morgan fingerprint density at radius 3 is 2.52 bits per heavy atom. The van der Waals surface area contributed by atoms with E-state index in [4.69, 9.17) is 0 Å². The SMILES string of the molecule is Cc1cccc(-n2c(Sc3nc4ccccn4c(=O)c3[N+](=O)[O-])nnc2-c2ccccc2)c1. The summed E-state index contributed by atoms with van der Waals surface area (Å²) in [6.07, 6.45) is 1.45. The minimum absolute atomic E-state index is 0.0443. The largest absolute Gasteiger partial charge is 0.366 e. The number of aryl methyl sites for hydroxylation is 1. The zero-order chi connectivity index (χ0) is 22.9. The molecule has 5 rings (SSSR count). The van der Waals surface area contributed by atoms with Gasteiger partial charge < -0.3 is 0 Å². The predicted octanol–water partition coefficient (Wildman–Crippen LogP) is 4.31. The molecule has 0 bridgehead atoms. The highest BCUT2D eigenvalue weighted by atomic mass is 32.2. The van der Waals surface area contributed by atoms with Gasteiger partial charge in [0.2, 0.25) is 5.16 Å². The van der Waals surface area contributed by atoms with Crippen LogP contribution in [0.3, 0.4) is 0 Å². The number of pyridine rings is 1. The van der Waals surface area contributed by atoms with Gasteiger partial charge in [0, 0.05) is 11.8 Å². The molecule has 5 aromatic rings. The molecule has 0 N–H and O–H groups in total. The van der Waals surface area contributed by atoms with E-state index in [1.54, 1.807) is 18.2 Å². The number of benzene rings is 2. The third-order valence-electron chi connectivity index (χ3n) is 4.97. The van der Waals surface area contributed by atoms with Crippen LogP contribution in [0, 0.1) is 17.0 Å². The average Bonchev–Trinajstić information content (AvgIpc) is 3.23. The third kappa shape index (κ3) is 3.76. The van der Waals surface area contributed by atoms with Gasteiger partial charge >= 0.3 is 11.2 Å². The summed E-state index contributed by atoms with van der Waals surface area (Å²) in [5.74, 6) is 0.573. The lowest BCUT2D eigenvalue weighted by atomic mass is 10.2. The number of fused-ring (bicyclic) bond motifs is 1. The molecule has 0 aliphatic carbocycles. The van der Waals surface area contributed by atoms with Gasteiger partial charge in [-0.25, -0.2) is 4.98 Å². The highest BCUT2D eigenvalue weighted by Gasteiger charge is 2.27. The topological polar surface area (TPSA) is 108 Å². The molecule has 0 saturated carbocycles. The Labute approximate surface area is 191 Å². The molecule has 0 amide bonds. The molecule has 0 atom stereocenters. The molecule has 9 nitrogen and oxygen atoms in total. The molecule has 0 aliphatic heterocycles. The number of nitrogens with zero attached hydrogens (tertiary/aromatic N) is 6. The van der Waals surface area contributed by atoms with Crippen molar-refractivity contribution < 1.29 is 4.92 Å². The fraction of sp³-hybridized carbons (Fsp3) is 0.0435. The van der Waals surface area contributed by atoms with Crippen LogP contribution >= 0.6 is 11.8 Å². The van der Waals surface area contributed by atoms with Crippen molar-refractivity contribution >= 4 is 23.1 Å². The van der Waals surface area contributed by atoms with Gasteiger partial charge in [-0.3, -0.25) is 23.9 Å². The van der Waals surface area contributed by atoms with Gasteiger partial charge in [0.15, 0.2) is 10.9 Å². The highest BCUT2D eigenvalue weighted by Crippen LogP contribution is 2.34. The molecule has 162 valence electrons. The quantitative estimate of drug-likeness (QED) is 0.220. The van der Waals surface area contributed by atoms with Gasteiger partial charge in [-0.2, -0.15) is 0 Å². The van der Waals surface area contributed by atoms with Crippen LogP contribution in [0.2, 0.25) is 0 Å². The van der Waals surface area contributed by atoms with Gasteiger partial charge in [-0.1, -0.05) is 48.5 Å². The van der Waals surface area contributed by atoms with E-state index in [2.05, 4.69) is 15.2 Å². The summed E-state index contributed by atoms with van der Waals surface area (Å²) in [6, 6.07) is 22.2. The van der Waals surface area contributed by atoms with Crippen LogP contribution in [0.25, 0.3) is 22.7 Å². The van der Waals surface area contributed by atoms with Crippen molar-refractivity contribution in [3.05, 3.63) is 105 Å². The Morgan fingerprint density at radius 2 is 1.76 bits per heavy atom. The Balaban J connectivity index is 1.73. The molecule has 33 heavy (non-hydrogen) atoms. The van der Waals surface area contributed by atoms with Gasteiger partial charge in [0.1, 0.15) is 5.65 Å². The summed E-state index contributed by atoms with van der Waals surface area (Å²) in [4.78, 5) is 28.3. The van der Waals surface area contributed by atoms with E-state index in [9.17, 15) is 14.9 Å². The van der Waals surface area contributed by atoms with E-state index in [0.717, 1.165) is 33.0 Å². The van der Waals surface area contributed by atoms with Crippen LogP contribution in [0.15, 0.2) is 94.0 Å². The van der Waals surface area contributed by atoms with Crippen LogP contribution in [-0.2, 0) is 0 Å². The van der Waals surface area contributed by atoms with Crippen molar-refractivity contribution in [1.29, 1.82) is 0 Å². The molecule has 0 fully saturated rings. The lowest BCUT2D eigenvalue weighted by molar-refractivity contribution is -0.389. The zero-order valence-electron chi connectivity index (χ0n) is 17.3. The molecule has 10 heteroatoms. The van der Waals surface area contributed by atoms with Gasteiger partial charge in [-0.15, -0.1) is 10.2 Å². The maximum Gasteiger partial charge on any atom is 0.366 e. The van der Waals surface area contributed by atoms with Crippen molar-refractivity contribution in [2.75, 3.05) is 0 Å². The molecule has 0 unspecified atom stereocenters. The first-order chi connectivity index (χ1) is 16.0. The smallest absolute Gasteiger partial charge is 0.270 e. The lowest BCUT2D eigenvalue weighted by Crippen LogP contribution is -2.19. The first kappa shape index (κ1) is 20.6. The Morgan fingerprint density at radius 1 is 0.970 bits per heavy atom. The normalized spacial score (nSPS) is 11.1. The Kier molecular flexibility index (Phi) is 5.19. The standard InChI is InChI=1S/C23H16N6O3S/c1-15-8-7-11-17(14-15)28-20(16-9-3-2-4-10-16)25-26-23(28)33-21-19(29(31)32)22(30)27-13-6-5-12-18(27)24-21/h2-14H,1H3. The zero-order valence-corrected chi connectivity index (χ0v) is 18.1. The minimum Gasteiger partial charge on any atom is -0.270 e. The van der Waals surface area contributed by atoms with Crippen LogP contribution in [0.1, 0.15) is 5.56 Å². The van der Waals surface area contributed by atoms with Crippen molar-refractivity contribution in [2.24, 2.45) is 0 Å². The second kappa shape index (κ2) is 8.32. The third-order valence-corrected chi connectivity index (χ3v) is 5.90. The van der Waals surface area contributed by atoms with Crippen LogP contribution in [-0.4, -0.2) is 29.1 Å². The number of rotatable bonds is 5. The summed E-state index contributed by atoms with van der Waals surface area (Å²) in [7, 11) is 0. The fourth-order valence-electron chi connectivity index (χ4n) is 3.48. The lowest BCUT2D eigenvalue weighted by Gasteiger charge is -2.11. The molecule has 0 spiro atoms. The van der Waals surface area contributed by atoms with E-state index in [0.29, 0.717) is 16.6 Å². The van der Waals surface area contributed by atoms with Crippen molar-refractivity contribution in [3.8, 4) is 17.1 Å². The summed E-state index contributed by atoms with van der Waals surface area (Å²) in [6.45, 7) is 1.97. The predicted molar refractivity (Wildman–Crippen MR) is 124 cm³/mol. The van der Waals surface area contributed by atoms with E-state index in [1.165, 1.54) is 6.20 Å². The molecule has 0 saturated heterocycles. The summed E-state index contributed by atoms with van der Waals surface area (Å²) in [5, 5.41) is 20.8. The Bertz CT molecular complexity index is 1560. The van der Waals surface area contributed by atoms with E-state index >= 15 is 0 Å². The maximum absolute atomic E-state index is 12.8. The Hall–Kier alpha value is -4.31. The summed E-state index contributed by atoms with van der Waals surface area (Å²) >= 11 is 0.938. The van der Waals surface area contributed by atoms with Crippen molar-refractivity contribution in [1.82, 2.24) is 24.1 Å². The van der Waals surface area contributed by atoms with Crippen molar-refractivity contribution in [2.45, 2.75) is 17.1 Å². The van der Waals surface area contributed by atoms with E-state index in [1.807, 2.05) is 66.1 Å². The molecule has 0 aliphatic rings. The van der Waals surface area contributed by atoms with Gasteiger partial charge in [0.05, 0.1) is 10.6 Å². The van der Waals surface area contributed by atoms with Gasteiger partial charge in [0.25, 0.3) is 0 Å². The van der Waals surface area contributed by atoms with Crippen molar-refractivity contribution in [3.63, 3.8) is 0 Å². The van der Waals surface area contributed by atoms with Crippen LogP contribution in [0.5, 0.6) is 0 Å². The highest BCUT2D eigenvalue weighted by molar-refractivity contribution is 7.99. The van der Waals surface area contributed by atoms with Crippen LogP contribution in [0.4, 0.5) is 5.69 Å². The molecule has 3 heterocycles. The number of hydrogen-bond donors (Lipinski definition) is 0. The van der Waals surface area contributed by atoms with Gasteiger partial charge in [-0.05, 0) is 48.5 Å². The molecule has 2 aromatic carbocycles.